The quantitative estimate of drug-likeness (QED) is 0.221. The Hall–Kier alpha value is -1.08. The van der Waals surface area contributed by atoms with Crippen LogP contribution >= 0.6 is 15.9 Å². The van der Waals surface area contributed by atoms with Crippen molar-refractivity contribution in [1.29, 1.82) is 0 Å². The molecule has 180 valence electrons. The van der Waals surface area contributed by atoms with Gasteiger partial charge in [0.25, 0.3) is 0 Å². The fourth-order valence-corrected chi connectivity index (χ4v) is 6.97. The first-order valence-electron chi connectivity index (χ1n) is 14.0. The maximum Gasteiger partial charge on any atom is 0.00313 e. The van der Waals surface area contributed by atoms with Crippen molar-refractivity contribution in [3.8, 4) is 11.1 Å². The molecule has 0 aromatic heterocycles. The highest BCUT2D eigenvalue weighted by molar-refractivity contribution is 9.09. The highest BCUT2D eigenvalue weighted by Crippen LogP contribution is 2.39. The molecule has 0 heterocycles. The Bertz CT molecular complexity index is 789. The normalized spacial score (nSPS) is 25.8. The van der Waals surface area contributed by atoms with E-state index in [9.17, 15) is 0 Å². The summed E-state index contributed by atoms with van der Waals surface area (Å²) < 4.78 is 0. The highest BCUT2D eigenvalue weighted by Gasteiger charge is 2.23. The number of hydrogen-bond acceptors (Lipinski definition) is 0. The van der Waals surface area contributed by atoms with E-state index >= 15 is 0 Å². The number of halogens is 1. The summed E-state index contributed by atoms with van der Waals surface area (Å²) in [5, 5.41) is 1.17. The number of hydrogen-bond donors (Lipinski definition) is 0. The van der Waals surface area contributed by atoms with Gasteiger partial charge in [-0.1, -0.05) is 103 Å². The second-order valence-corrected chi connectivity index (χ2v) is 11.8. The van der Waals surface area contributed by atoms with Gasteiger partial charge in [-0.05, 0) is 104 Å². The Morgan fingerprint density at radius 2 is 1.03 bits per heavy atom. The Kier molecular flexibility index (Phi) is 9.95. The van der Waals surface area contributed by atoms with E-state index in [2.05, 4.69) is 71.4 Å². The van der Waals surface area contributed by atoms with Crippen molar-refractivity contribution in [3.05, 3.63) is 59.7 Å². The summed E-state index contributed by atoms with van der Waals surface area (Å²) in [6.07, 6.45) is 19.7. The molecule has 0 nitrogen and oxygen atoms in total. The summed E-state index contributed by atoms with van der Waals surface area (Å²) in [6.45, 7) is 2.33. The Labute approximate surface area is 212 Å². The minimum absolute atomic E-state index is 0.781. The van der Waals surface area contributed by atoms with Gasteiger partial charge in [0.05, 0.1) is 0 Å². The van der Waals surface area contributed by atoms with Crippen LogP contribution in [0.3, 0.4) is 0 Å². The fourth-order valence-electron chi connectivity index (χ4n) is 6.58. The van der Waals surface area contributed by atoms with Crippen LogP contribution in [0.2, 0.25) is 0 Å². The van der Waals surface area contributed by atoms with E-state index in [0.29, 0.717) is 0 Å². The standard InChI is InChI=1S/C32H45Br/c1-2-6-25-8-12-27(13-9-25)29-16-20-31(21-17-29)32-22-18-30(19-23-32)28-14-10-26(11-15-28)7-4-3-5-24-33/h16-23,25-28H,2-15,24H2,1H3. The molecular formula is C32H45Br. The lowest BCUT2D eigenvalue weighted by Crippen LogP contribution is -2.13. The van der Waals surface area contributed by atoms with Crippen LogP contribution in [0.1, 0.15) is 120 Å². The monoisotopic (exact) mass is 508 g/mol. The first-order chi connectivity index (χ1) is 16.3. The summed E-state index contributed by atoms with van der Waals surface area (Å²) in [7, 11) is 0. The van der Waals surface area contributed by atoms with Crippen molar-refractivity contribution >= 4 is 15.9 Å². The molecule has 0 atom stereocenters. The van der Waals surface area contributed by atoms with Gasteiger partial charge < -0.3 is 0 Å². The van der Waals surface area contributed by atoms with Crippen molar-refractivity contribution in [2.75, 3.05) is 5.33 Å². The van der Waals surface area contributed by atoms with Crippen LogP contribution in [0, 0.1) is 11.8 Å². The van der Waals surface area contributed by atoms with Crippen LogP contribution in [-0.4, -0.2) is 5.33 Å². The predicted molar refractivity (Wildman–Crippen MR) is 148 cm³/mol. The third kappa shape index (κ3) is 7.20. The van der Waals surface area contributed by atoms with Crippen molar-refractivity contribution in [3.63, 3.8) is 0 Å². The van der Waals surface area contributed by atoms with Crippen molar-refractivity contribution in [2.24, 2.45) is 11.8 Å². The zero-order chi connectivity index (χ0) is 22.9. The van der Waals surface area contributed by atoms with E-state index in [1.807, 2.05) is 0 Å². The van der Waals surface area contributed by atoms with Gasteiger partial charge in [-0.25, -0.2) is 0 Å². The van der Waals surface area contributed by atoms with Crippen LogP contribution in [-0.2, 0) is 0 Å². The minimum Gasteiger partial charge on any atom is -0.0928 e. The van der Waals surface area contributed by atoms with Crippen LogP contribution in [0.15, 0.2) is 48.5 Å². The summed E-state index contributed by atoms with van der Waals surface area (Å²) >= 11 is 3.55. The first-order valence-corrected chi connectivity index (χ1v) is 15.1. The second-order valence-electron chi connectivity index (χ2n) is 11.0. The molecule has 0 bridgehead atoms. The smallest absolute Gasteiger partial charge is 0.00313 e. The molecular weight excluding hydrogens is 464 g/mol. The largest absolute Gasteiger partial charge is 0.0928 e. The number of alkyl halides is 1. The molecule has 2 aromatic carbocycles. The minimum atomic E-state index is 0.781. The second kappa shape index (κ2) is 13.1. The van der Waals surface area contributed by atoms with Gasteiger partial charge in [0, 0.05) is 5.33 Å². The van der Waals surface area contributed by atoms with Gasteiger partial charge >= 0.3 is 0 Å². The Morgan fingerprint density at radius 1 is 0.576 bits per heavy atom. The van der Waals surface area contributed by atoms with Crippen LogP contribution in [0.25, 0.3) is 11.1 Å². The molecule has 0 radical (unpaired) electrons. The molecule has 2 aliphatic carbocycles. The number of rotatable bonds is 10. The molecule has 0 amide bonds. The lowest BCUT2D eigenvalue weighted by atomic mass is 9.76. The van der Waals surface area contributed by atoms with Gasteiger partial charge in [-0.2, -0.15) is 0 Å². The number of unbranched alkanes of at least 4 members (excludes halogenated alkanes) is 2. The molecule has 2 aromatic rings. The number of benzene rings is 2. The van der Waals surface area contributed by atoms with Crippen molar-refractivity contribution in [2.45, 2.75) is 109 Å². The molecule has 33 heavy (non-hydrogen) atoms. The van der Waals surface area contributed by atoms with E-state index in [4.69, 9.17) is 0 Å². The molecule has 1 heteroatoms. The molecule has 0 N–H and O–H groups in total. The molecule has 2 fully saturated rings. The molecule has 0 aliphatic heterocycles. The van der Waals surface area contributed by atoms with E-state index in [0.717, 1.165) is 23.7 Å². The summed E-state index contributed by atoms with van der Waals surface area (Å²) in [4.78, 5) is 0. The fraction of sp³-hybridized carbons (Fsp3) is 0.625. The Balaban J connectivity index is 1.26. The van der Waals surface area contributed by atoms with E-state index < -0.39 is 0 Å². The van der Waals surface area contributed by atoms with Gasteiger partial charge in [0.2, 0.25) is 0 Å². The average molecular weight is 510 g/mol. The van der Waals surface area contributed by atoms with E-state index in [1.165, 1.54) is 106 Å². The summed E-state index contributed by atoms with van der Waals surface area (Å²) in [6, 6.07) is 19.1. The third-order valence-electron chi connectivity index (χ3n) is 8.73. The maximum atomic E-state index is 3.55. The van der Waals surface area contributed by atoms with E-state index in [1.54, 1.807) is 11.1 Å². The van der Waals surface area contributed by atoms with Crippen molar-refractivity contribution in [1.82, 2.24) is 0 Å². The summed E-state index contributed by atoms with van der Waals surface area (Å²) in [5.74, 6) is 3.54. The third-order valence-corrected chi connectivity index (χ3v) is 9.29. The first kappa shape index (κ1) is 25.0. The van der Waals surface area contributed by atoms with E-state index in [-0.39, 0.29) is 0 Å². The molecule has 0 saturated heterocycles. The maximum absolute atomic E-state index is 3.55. The predicted octanol–water partition coefficient (Wildman–Crippen LogP) is 10.7. The topological polar surface area (TPSA) is 0 Å². The lowest BCUT2D eigenvalue weighted by Gasteiger charge is -2.29. The lowest BCUT2D eigenvalue weighted by molar-refractivity contribution is 0.303. The van der Waals surface area contributed by atoms with Crippen LogP contribution in [0.5, 0.6) is 0 Å². The Morgan fingerprint density at radius 3 is 1.45 bits per heavy atom. The molecule has 2 saturated carbocycles. The average Bonchev–Trinajstić information content (AvgIpc) is 2.88. The van der Waals surface area contributed by atoms with Crippen LogP contribution < -0.4 is 0 Å². The van der Waals surface area contributed by atoms with Gasteiger partial charge in [-0.15, -0.1) is 0 Å². The van der Waals surface area contributed by atoms with Crippen LogP contribution in [0.4, 0.5) is 0 Å². The zero-order valence-electron chi connectivity index (χ0n) is 20.9. The molecule has 0 unspecified atom stereocenters. The molecule has 0 spiro atoms. The SMILES string of the molecule is CCCC1CCC(c2ccc(-c3ccc(C4CCC(CCCCCBr)CC4)cc3)cc2)CC1. The highest BCUT2D eigenvalue weighted by atomic mass is 79.9. The van der Waals surface area contributed by atoms with Gasteiger partial charge in [-0.3, -0.25) is 0 Å². The zero-order valence-corrected chi connectivity index (χ0v) is 22.5. The molecule has 2 aliphatic rings. The van der Waals surface area contributed by atoms with Gasteiger partial charge in [0.15, 0.2) is 0 Å². The van der Waals surface area contributed by atoms with Gasteiger partial charge in [0.1, 0.15) is 0 Å². The molecule has 4 rings (SSSR count). The van der Waals surface area contributed by atoms with Crippen molar-refractivity contribution < 1.29 is 0 Å². The summed E-state index contributed by atoms with van der Waals surface area (Å²) in [5.41, 5.74) is 5.88.